The highest BCUT2D eigenvalue weighted by Crippen LogP contribution is 2.26. The average molecular weight is 284 g/mol. The van der Waals surface area contributed by atoms with Crippen LogP contribution in [0.5, 0.6) is 0 Å². The molecule has 116 valence electrons. The zero-order chi connectivity index (χ0) is 15.3. The number of rotatable bonds is 4. The Morgan fingerprint density at radius 2 is 1.75 bits per heavy atom. The second-order valence-corrected chi connectivity index (χ2v) is 6.88. The normalized spacial score (nSPS) is 24.8. The molecule has 5 nitrogen and oxygen atoms in total. The number of carbonyl (C=O) groups is 2. The Morgan fingerprint density at radius 3 is 2.15 bits per heavy atom. The Morgan fingerprint density at radius 1 is 1.20 bits per heavy atom. The lowest BCUT2D eigenvalue weighted by atomic mass is 9.84. The van der Waals surface area contributed by atoms with Crippen molar-refractivity contribution in [3.8, 4) is 0 Å². The van der Waals surface area contributed by atoms with E-state index < -0.39 is 17.4 Å². The van der Waals surface area contributed by atoms with Crippen LogP contribution in [0.15, 0.2) is 0 Å². The van der Waals surface area contributed by atoms with Crippen LogP contribution in [0.2, 0.25) is 0 Å². The van der Waals surface area contributed by atoms with Crippen molar-refractivity contribution in [2.24, 2.45) is 11.3 Å². The van der Waals surface area contributed by atoms with Crippen molar-refractivity contribution in [3.05, 3.63) is 0 Å². The largest absolute Gasteiger partial charge is 0.480 e. The first-order valence-electron chi connectivity index (χ1n) is 7.53. The first-order valence-corrected chi connectivity index (χ1v) is 7.53. The number of hydrogen-bond acceptors (Lipinski definition) is 2. The van der Waals surface area contributed by atoms with Gasteiger partial charge in [0.05, 0.1) is 0 Å². The Balaban J connectivity index is 2.45. The highest BCUT2D eigenvalue weighted by Gasteiger charge is 2.33. The van der Waals surface area contributed by atoms with Crippen LogP contribution in [0.25, 0.3) is 0 Å². The number of hydrogen-bond donors (Lipinski definition) is 3. The summed E-state index contributed by atoms with van der Waals surface area (Å²) in [5, 5.41) is 14.7. The summed E-state index contributed by atoms with van der Waals surface area (Å²) in [5.74, 6) is -0.222. The topological polar surface area (TPSA) is 78.4 Å². The van der Waals surface area contributed by atoms with E-state index in [2.05, 4.69) is 17.6 Å². The van der Waals surface area contributed by atoms with Gasteiger partial charge in [-0.25, -0.2) is 9.59 Å². The van der Waals surface area contributed by atoms with Crippen LogP contribution >= 0.6 is 0 Å². The third-order valence-electron chi connectivity index (χ3n) is 4.15. The second kappa shape index (κ2) is 6.95. The second-order valence-electron chi connectivity index (χ2n) is 6.88. The Bertz CT molecular complexity index is 342. The van der Waals surface area contributed by atoms with E-state index >= 15 is 0 Å². The van der Waals surface area contributed by atoms with Crippen molar-refractivity contribution in [3.63, 3.8) is 0 Å². The molecule has 1 fully saturated rings. The Kier molecular flexibility index (Phi) is 5.84. The number of amides is 2. The van der Waals surface area contributed by atoms with Crippen LogP contribution in [-0.2, 0) is 4.79 Å². The van der Waals surface area contributed by atoms with Crippen LogP contribution < -0.4 is 10.6 Å². The van der Waals surface area contributed by atoms with Gasteiger partial charge in [0.2, 0.25) is 0 Å². The standard InChI is InChI=1S/C15H28N2O3/c1-5-10-6-8-11(9-7-10)16-14(20)17-12(13(18)19)15(2,3)4/h10-12H,5-9H2,1-4H3,(H,18,19)(H2,16,17,20)/t10?,11?,12-/m1/s1. The molecular weight excluding hydrogens is 256 g/mol. The van der Waals surface area contributed by atoms with Crippen LogP contribution in [0.4, 0.5) is 4.79 Å². The highest BCUT2D eigenvalue weighted by atomic mass is 16.4. The molecule has 0 bridgehead atoms. The molecule has 1 aliphatic rings. The molecule has 0 unspecified atom stereocenters. The minimum absolute atomic E-state index is 0.173. The SMILES string of the molecule is CCC1CCC(NC(=O)N[C@H](C(=O)O)C(C)(C)C)CC1. The third kappa shape index (κ3) is 5.02. The maximum Gasteiger partial charge on any atom is 0.326 e. The number of carbonyl (C=O) groups excluding carboxylic acids is 1. The fraction of sp³-hybridized carbons (Fsp3) is 0.867. The van der Waals surface area contributed by atoms with Crippen molar-refractivity contribution < 1.29 is 14.7 Å². The van der Waals surface area contributed by atoms with Gasteiger partial charge in [-0.1, -0.05) is 34.1 Å². The summed E-state index contributed by atoms with van der Waals surface area (Å²) in [5.41, 5.74) is -0.511. The molecule has 0 saturated heterocycles. The first-order chi connectivity index (χ1) is 9.24. The van der Waals surface area contributed by atoms with Gasteiger partial charge in [-0.2, -0.15) is 0 Å². The van der Waals surface area contributed by atoms with Gasteiger partial charge in [0.15, 0.2) is 0 Å². The van der Waals surface area contributed by atoms with E-state index in [4.69, 9.17) is 0 Å². The maximum absolute atomic E-state index is 11.9. The lowest BCUT2D eigenvalue weighted by Gasteiger charge is -2.31. The summed E-state index contributed by atoms with van der Waals surface area (Å²) < 4.78 is 0. The summed E-state index contributed by atoms with van der Waals surface area (Å²) in [4.78, 5) is 23.2. The summed E-state index contributed by atoms with van der Waals surface area (Å²) in [6.45, 7) is 7.61. The molecule has 1 atom stereocenters. The van der Waals surface area contributed by atoms with Gasteiger partial charge in [-0.15, -0.1) is 0 Å². The summed E-state index contributed by atoms with van der Waals surface area (Å²) in [7, 11) is 0. The number of nitrogens with one attached hydrogen (secondary N) is 2. The predicted octanol–water partition coefficient (Wildman–Crippen LogP) is 2.75. The lowest BCUT2D eigenvalue weighted by molar-refractivity contribution is -0.141. The molecular formula is C15H28N2O3. The molecule has 0 aliphatic heterocycles. The van der Waals surface area contributed by atoms with Crippen LogP contribution in [-0.4, -0.2) is 29.2 Å². The monoisotopic (exact) mass is 284 g/mol. The van der Waals surface area contributed by atoms with Crippen molar-refractivity contribution in [1.29, 1.82) is 0 Å². The average Bonchev–Trinajstić information content (AvgIpc) is 2.35. The van der Waals surface area contributed by atoms with Gasteiger partial charge >= 0.3 is 12.0 Å². The molecule has 0 aromatic rings. The van der Waals surface area contributed by atoms with Crippen molar-refractivity contribution in [2.45, 2.75) is 71.9 Å². The Labute approximate surface area is 121 Å². The van der Waals surface area contributed by atoms with Crippen molar-refractivity contribution >= 4 is 12.0 Å². The molecule has 0 heterocycles. The summed E-state index contributed by atoms with van der Waals surface area (Å²) >= 11 is 0. The lowest BCUT2D eigenvalue weighted by Crippen LogP contribution is -2.54. The molecule has 20 heavy (non-hydrogen) atoms. The number of aliphatic carboxylic acids is 1. The highest BCUT2D eigenvalue weighted by molar-refractivity contribution is 5.83. The molecule has 0 aromatic heterocycles. The molecule has 1 rings (SSSR count). The number of carboxylic acids is 1. The molecule has 0 spiro atoms. The van der Waals surface area contributed by atoms with E-state index in [-0.39, 0.29) is 12.1 Å². The summed E-state index contributed by atoms with van der Waals surface area (Å²) in [6.07, 6.45) is 5.45. The predicted molar refractivity (Wildman–Crippen MR) is 78.6 cm³/mol. The van der Waals surface area contributed by atoms with Gasteiger partial charge in [0, 0.05) is 6.04 Å². The first kappa shape index (κ1) is 16.8. The smallest absolute Gasteiger partial charge is 0.326 e. The molecule has 5 heteroatoms. The quantitative estimate of drug-likeness (QED) is 0.742. The number of carboxylic acid groups (broad SMARTS) is 1. The van der Waals surface area contributed by atoms with Crippen LogP contribution in [0.3, 0.4) is 0 Å². The van der Waals surface area contributed by atoms with E-state index in [0.717, 1.165) is 31.6 Å². The molecule has 3 N–H and O–H groups in total. The molecule has 2 amide bonds. The summed E-state index contributed by atoms with van der Waals surface area (Å²) in [6, 6.07) is -1.08. The van der Waals surface area contributed by atoms with Gasteiger partial charge < -0.3 is 15.7 Å². The van der Waals surface area contributed by atoms with Gasteiger partial charge in [0.1, 0.15) is 6.04 Å². The Hall–Kier alpha value is -1.26. The maximum atomic E-state index is 11.9. The zero-order valence-electron chi connectivity index (χ0n) is 13.0. The molecule has 1 aliphatic carbocycles. The number of urea groups is 1. The van der Waals surface area contributed by atoms with Crippen molar-refractivity contribution in [2.75, 3.05) is 0 Å². The zero-order valence-corrected chi connectivity index (χ0v) is 13.0. The molecule has 1 saturated carbocycles. The molecule has 0 radical (unpaired) electrons. The van der Waals surface area contributed by atoms with E-state index in [0.29, 0.717) is 0 Å². The minimum Gasteiger partial charge on any atom is -0.480 e. The van der Waals surface area contributed by atoms with E-state index in [1.165, 1.54) is 6.42 Å². The van der Waals surface area contributed by atoms with Gasteiger partial charge in [0.25, 0.3) is 0 Å². The minimum atomic E-state index is -0.998. The van der Waals surface area contributed by atoms with Gasteiger partial charge in [-0.3, -0.25) is 0 Å². The molecule has 0 aromatic carbocycles. The van der Waals surface area contributed by atoms with Crippen LogP contribution in [0.1, 0.15) is 59.8 Å². The van der Waals surface area contributed by atoms with E-state index in [1.54, 1.807) is 20.8 Å². The van der Waals surface area contributed by atoms with Gasteiger partial charge in [-0.05, 0) is 37.0 Å². The third-order valence-corrected chi connectivity index (χ3v) is 4.15. The van der Waals surface area contributed by atoms with E-state index in [9.17, 15) is 14.7 Å². The van der Waals surface area contributed by atoms with E-state index in [1.807, 2.05) is 0 Å². The fourth-order valence-electron chi connectivity index (χ4n) is 2.72. The van der Waals surface area contributed by atoms with Crippen LogP contribution in [0, 0.1) is 11.3 Å². The fourth-order valence-corrected chi connectivity index (χ4v) is 2.72. The van der Waals surface area contributed by atoms with Crippen molar-refractivity contribution in [1.82, 2.24) is 10.6 Å².